The first kappa shape index (κ1) is 12.4. The van der Waals surface area contributed by atoms with Gasteiger partial charge in [0.2, 0.25) is 0 Å². The van der Waals surface area contributed by atoms with Gasteiger partial charge >= 0.3 is 0 Å². The zero-order valence-corrected chi connectivity index (χ0v) is 10.7. The number of hydrogen-bond donors (Lipinski definition) is 1. The number of ether oxygens (including phenoxy) is 1. The van der Waals surface area contributed by atoms with E-state index >= 15 is 0 Å². The molecule has 1 aliphatic carbocycles. The van der Waals surface area contributed by atoms with Crippen LogP contribution >= 0.6 is 0 Å². The van der Waals surface area contributed by atoms with Gasteiger partial charge in [-0.05, 0) is 55.3 Å². The highest BCUT2D eigenvalue weighted by molar-refractivity contribution is 5.30. The third kappa shape index (κ3) is 3.01. The summed E-state index contributed by atoms with van der Waals surface area (Å²) in [6, 6.07) is 8.61. The fourth-order valence-electron chi connectivity index (χ4n) is 2.79. The van der Waals surface area contributed by atoms with E-state index in [2.05, 4.69) is 31.2 Å². The molecule has 0 saturated heterocycles. The lowest BCUT2D eigenvalue weighted by Gasteiger charge is -2.18. The molecular weight excluding hydrogens is 210 g/mol. The van der Waals surface area contributed by atoms with Crippen LogP contribution in [0.25, 0.3) is 0 Å². The van der Waals surface area contributed by atoms with Crippen LogP contribution in [0.1, 0.15) is 44.1 Å². The summed E-state index contributed by atoms with van der Waals surface area (Å²) >= 11 is 0. The molecule has 0 spiro atoms. The van der Waals surface area contributed by atoms with Crippen LogP contribution in [0.4, 0.5) is 0 Å². The molecule has 1 aromatic carbocycles. The van der Waals surface area contributed by atoms with E-state index in [-0.39, 0.29) is 0 Å². The standard InChI is InChI=1S/C15H23NO/c1-2-10-17-14-8-6-12(7-9-14)15-5-3-4-13(15)11-16/h6-9,13,15H,2-5,10-11,16H2,1H3. The second kappa shape index (κ2) is 6.06. The molecule has 0 aromatic heterocycles. The van der Waals surface area contributed by atoms with Crippen molar-refractivity contribution in [2.24, 2.45) is 11.7 Å². The van der Waals surface area contributed by atoms with Gasteiger partial charge < -0.3 is 10.5 Å². The zero-order chi connectivity index (χ0) is 12.1. The molecule has 2 N–H and O–H groups in total. The van der Waals surface area contributed by atoms with Gasteiger partial charge in [0, 0.05) is 0 Å². The second-order valence-electron chi connectivity index (χ2n) is 4.95. The Morgan fingerprint density at radius 2 is 2.00 bits per heavy atom. The average Bonchev–Trinajstić information content (AvgIpc) is 2.85. The Morgan fingerprint density at radius 1 is 1.24 bits per heavy atom. The molecule has 2 nitrogen and oxygen atoms in total. The molecule has 1 aromatic rings. The van der Waals surface area contributed by atoms with E-state index in [1.54, 1.807) is 0 Å². The summed E-state index contributed by atoms with van der Waals surface area (Å²) in [5.74, 6) is 2.33. The van der Waals surface area contributed by atoms with Gasteiger partial charge in [-0.2, -0.15) is 0 Å². The molecular formula is C15H23NO. The maximum Gasteiger partial charge on any atom is 0.119 e. The van der Waals surface area contributed by atoms with Gasteiger partial charge in [0.05, 0.1) is 6.61 Å². The lowest BCUT2D eigenvalue weighted by atomic mass is 9.89. The molecule has 0 bridgehead atoms. The van der Waals surface area contributed by atoms with Gasteiger partial charge in [-0.1, -0.05) is 25.5 Å². The maximum atomic E-state index is 5.83. The first-order valence-corrected chi connectivity index (χ1v) is 6.78. The molecule has 0 aliphatic heterocycles. The Kier molecular flexibility index (Phi) is 4.43. The first-order chi connectivity index (χ1) is 8.35. The fourth-order valence-corrected chi connectivity index (χ4v) is 2.79. The summed E-state index contributed by atoms with van der Waals surface area (Å²) in [5, 5.41) is 0. The van der Waals surface area contributed by atoms with Crippen molar-refractivity contribution in [1.82, 2.24) is 0 Å². The molecule has 2 unspecified atom stereocenters. The molecule has 1 saturated carbocycles. The van der Waals surface area contributed by atoms with E-state index in [1.165, 1.54) is 24.8 Å². The molecule has 94 valence electrons. The minimum atomic E-state index is 0.667. The van der Waals surface area contributed by atoms with Crippen LogP contribution in [0.15, 0.2) is 24.3 Å². The highest BCUT2D eigenvalue weighted by Crippen LogP contribution is 2.39. The number of hydrogen-bond acceptors (Lipinski definition) is 2. The Hall–Kier alpha value is -1.02. The highest BCUT2D eigenvalue weighted by Gasteiger charge is 2.27. The monoisotopic (exact) mass is 233 g/mol. The summed E-state index contributed by atoms with van der Waals surface area (Å²) in [7, 11) is 0. The van der Waals surface area contributed by atoms with Crippen LogP contribution in [-0.4, -0.2) is 13.2 Å². The van der Waals surface area contributed by atoms with Crippen LogP contribution < -0.4 is 10.5 Å². The molecule has 2 rings (SSSR count). The van der Waals surface area contributed by atoms with Gasteiger partial charge in [-0.3, -0.25) is 0 Å². The highest BCUT2D eigenvalue weighted by atomic mass is 16.5. The van der Waals surface area contributed by atoms with Crippen LogP contribution in [0.3, 0.4) is 0 Å². The number of benzene rings is 1. The van der Waals surface area contributed by atoms with E-state index in [0.29, 0.717) is 11.8 Å². The van der Waals surface area contributed by atoms with Crippen molar-refractivity contribution in [1.29, 1.82) is 0 Å². The molecule has 0 amide bonds. The van der Waals surface area contributed by atoms with Gasteiger partial charge in [0.15, 0.2) is 0 Å². The van der Waals surface area contributed by atoms with Crippen molar-refractivity contribution in [3.63, 3.8) is 0 Å². The third-order valence-corrected chi connectivity index (χ3v) is 3.74. The van der Waals surface area contributed by atoms with Crippen molar-refractivity contribution in [3.05, 3.63) is 29.8 Å². The van der Waals surface area contributed by atoms with Gasteiger partial charge in [-0.15, -0.1) is 0 Å². The zero-order valence-electron chi connectivity index (χ0n) is 10.7. The van der Waals surface area contributed by atoms with Crippen LogP contribution in [0, 0.1) is 5.92 Å². The molecule has 17 heavy (non-hydrogen) atoms. The second-order valence-corrected chi connectivity index (χ2v) is 4.95. The predicted octanol–water partition coefficient (Wildman–Crippen LogP) is 3.32. The van der Waals surface area contributed by atoms with E-state index in [1.807, 2.05) is 0 Å². The Bertz CT molecular complexity index is 333. The topological polar surface area (TPSA) is 35.2 Å². The van der Waals surface area contributed by atoms with Crippen LogP contribution in [-0.2, 0) is 0 Å². The summed E-state index contributed by atoms with van der Waals surface area (Å²) in [6.07, 6.45) is 4.95. The summed E-state index contributed by atoms with van der Waals surface area (Å²) in [5.41, 5.74) is 7.26. The minimum Gasteiger partial charge on any atom is -0.494 e. The lowest BCUT2D eigenvalue weighted by molar-refractivity contribution is 0.317. The Labute approximate surface area is 104 Å². The van der Waals surface area contributed by atoms with Gasteiger partial charge in [-0.25, -0.2) is 0 Å². The maximum absolute atomic E-state index is 5.83. The van der Waals surface area contributed by atoms with Crippen LogP contribution in [0.5, 0.6) is 5.75 Å². The normalized spacial score (nSPS) is 23.9. The number of nitrogens with two attached hydrogens (primary N) is 1. The van der Waals surface area contributed by atoms with E-state index < -0.39 is 0 Å². The van der Waals surface area contributed by atoms with Gasteiger partial charge in [0.1, 0.15) is 5.75 Å². The average molecular weight is 233 g/mol. The Balaban J connectivity index is 2.01. The Morgan fingerprint density at radius 3 is 2.65 bits per heavy atom. The van der Waals surface area contributed by atoms with Crippen LogP contribution in [0.2, 0.25) is 0 Å². The summed E-state index contributed by atoms with van der Waals surface area (Å²) in [4.78, 5) is 0. The quantitative estimate of drug-likeness (QED) is 0.846. The van der Waals surface area contributed by atoms with Crippen molar-refractivity contribution in [3.8, 4) is 5.75 Å². The first-order valence-electron chi connectivity index (χ1n) is 6.78. The third-order valence-electron chi connectivity index (χ3n) is 3.74. The molecule has 0 heterocycles. The molecule has 1 fully saturated rings. The van der Waals surface area contributed by atoms with Crippen molar-refractivity contribution in [2.75, 3.05) is 13.2 Å². The smallest absolute Gasteiger partial charge is 0.119 e. The summed E-state index contributed by atoms with van der Waals surface area (Å²) < 4.78 is 5.60. The van der Waals surface area contributed by atoms with Crippen molar-refractivity contribution in [2.45, 2.75) is 38.5 Å². The van der Waals surface area contributed by atoms with E-state index in [4.69, 9.17) is 10.5 Å². The largest absolute Gasteiger partial charge is 0.494 e. The summed E-state index contributed by atoms with van der Waals surface area (Å²) in [6.45, 7) is 3.74. The van der Waals surface area contributed by atoms with Crippen molar-refractivity contribution < 1.29 is 4.74 Å². The SMILES string of the molecule is CCCOc1ccc(C2CCCC2CN)cc1. The minimum absolute atomic E-state index is 0.667. The molecule has 2 atom stereocenters. The fraction of sp³-hybridized carbons (Fsp3) is 0.600. The predicted molar refractivity (Wildman–Crippen MR) is 71.4 cm³/mol. The molecule has 0 radical (unpaired) electrons. The van der Waals surface area contributed by atoms with E-state index in [0.717, 1.165) is 25.3 Å². The number of rotatable bonds is 5. The lowest BCUT2D eigenvalue weighted by Crippen LogP contribution is -2.17. The van der Waals surface area contributed by atoms with Crippen molar-refractivity contribution >= 4 is 0 Å². The van der Waals surface area contributed by atoms with E-state index in [9.17, 15) is 0 Å². The molecule has 1 aliphatic rings. The van der Waals surface area contributed by atoms with Gasteiger partial charge in [0.25, 0.3) is 0 Å². The molecule has 2 heteroatoms.